The van der Waals surface area contributed by atoms with Gasteiger partial charge in [-0.25, -0.2) is 4.57 Å². The normalized spacial score (nSPS) is 15.1. The van der Waals surface area contributed by atoms with E-state index in [2.05, 4.69) is 43.5 Å². The molecule has 3 unspecified atom stereocenters. The van der Waals surface area contributed by atoms with Crippen molar-refractivity contribution in [3.8, 4) is 0 Å². The molecule has 0 aromatic carbocycles. The lowest BCUT2D eigenvalue weighted by Crippen LogP contribution is -2.45. The van der Waals surface area contributed by atoms with Crippen molar-refractivity contribution >= 4 is 13.7 Å². The van der Waals surface area contributed by atoms with Crippen molar-refractivity contribution in [1.29, 1.82) is 0 Å². The van der Waals surface area contributed by atoms with E-state index in [1.54, 1.807) is 6.08 Å². The molecule has 3 N–H and O–H groups in total. The SMILES string of the molecule is CCCCC/C=C/C(O)C(COP(=O)(O)OCC[N+](C)(C)C)NC(=O)CCCCCCCCCCC/C=C\C/C=C\CCCCCCC. The highest BCUT2D eigenvalue weighted by atomic mass is 31.2. The Labute approximate surface area is 296 Å². The fourth-order valence-electron chi connectivity index (χ4n) is 5.19. The van der Waals surface area contributed by atoms with Gasteiger partial charge in [0.05, 0.1) is 39.9 Å². The molecule has 0 heterocycles. The maximum Gasteiger partial charge on any atom is 0.472 e. The molecule has 0 aliphatic heterocycles. The Hall–Kier alpha value is -1.28. The summed E-state index contributed by atoms with van der Waals surface area (Å²) in [5.41, 5.74) is 0. The number of quaternary nitrogens is 1. The number of allylic oxidation sites excluding steroid dienone is 5. The fourth-order valence-corrected chi connectivity index (χ4v) is 5.92. The summed E-state index contributed by atoms with van der Waals surface area (Å²) >= 11 is 0. The van der Waals surface area contributed by atoms with Gasteiger partial charge in [-0.05, 0) is 51.4 Å². The molecule has 8 nitrogen and oxygen atoms in total. The highest BCUT2D eigenvalue weighted by Gasteiger charge is 2.27. The van der Waals surface area contributed by atoms with Crippen molar-refractivity contribution in [3.05, 3.63) is 36.5 Å². The molecule has 3 atom stereocenters. The average Bonchev–Trinajstić information content (AvgIpc) is 3.02. The number of carbonyl (C=O) groups excluding carboxylic acids is 1. The number of aliphatic hydroxyl groups excluding tert-OH is 1. The Kier molecular flexibility index (Phi) is 30.8. The molecule has 9 heteroatoms. The van der Waals surface area contributed by atoms with Crippen LogP contribution >= 0.6 is 7.82 Å². The van der Waals surface area contributed by atoms with E-state index in [1.807, 2.05) is 27.2 Å². The number of nitrogens with zero attached hydrogens (tertiary/aromatic N) is 1. The summed E-state index contributed by atoms with van der Waals surface area (Å²) in [7, 11) is 1.56. The van der Waals surface area contributed by atoms with E-state index in [9.17, 15) is 19.4 Å². The number of phosphoric acid groups is 1. The lowest BCUT2D eigenvalue weighted by Gasteiger charge is -2.25. The molecule has 0 radical (unpaired) electrons. The number of rotatable bonds is 34. The number of carbonyl (C=O) groups is 1. The van der Waals surface area contributed by atoms with Gasteiger partial charge < -0.3 is 19.8 Å². The van der Waals surface area contributed by atoms with Gasteiger partial charge >= 0.3 is 7.82 Å². The van der Waals surface area contributed by atoms with Crippen LogP contribution < -0.4 is 5.32 Å². The number of nitrogens with one attached hydrogen (secondary N) is 1. The maximum absolute atomic E-state index is 12.7. The Morgan fingerprint density at radius 2 is 1.19 bits per heavy atom. The third kappa shape index (κ3) is 33.2. The maximum atomic E-state index is 12.7. The van der Waals surface area contributed by atoms with E-state index in [0.29, 0.717) is 17.4 Å². The minimum Gasteiger partial charge on any atom is -0.387 e. The van der Waals surface area contributed by atoms with Crippen LogP contribution in [0.3, 0.4) is 0 Å². The van der Waals surface area contributed by atoms with Crippen molar-refractivity contribution < 1.29 is 32.9 Å². The van der Waals surface area contributed by atoms with Crippen molar-refractivity contribution in [2.24, 2.45) is 0 Å². The zero-order valence-corrected chi connectivity index (χ0v) is 32.6. The zero-order valence-electron chi connectivity index (χ0n) is 31.7. The second-order valence-electron chi connectivity index (χ2n) is 14.3. The van der Waals surface area contributed by atoms with E-state index in [4.69, 9.17) is 9.05 Å². The van der Waals surface area contributed by atoms with Gasteiger partial charge in [0.1, 0.15) is 13.2 Å². The molecular formula is C39H76N2O6P+. The van der Waals surface area contributed by atoms with Gasteiger partial charge in [-0.15, -0.1) is 0 Å². The molecule has 0 spiro atoms. The van der Waals surface area contributed by atoms with E-state index in [0.717, 1.165) is 51.4 Å². The lowest BCUT2D eigenvalue weighted by molar-refractivity contribution is -0.870. The van der Waals surface area contributed by atoms with Crippen LogP contribution in [0.1, 0.15) is 155 Å². The van der Waals surface area contributed by atoms with E-state index < -0.39 is 20.0 Å². The first-order valence-corrected chi connectivity index (χ1v) is 20.9. The second kappa shape index (κ2) is 31.7. The molecule has 0 aromatic rings. The molecule has 0 saturated heterocycles. The Balaban J connectivity index is 4.17. The topological polar surface area (TPSA) is 105 Å². The fraction of sp³-hybridized carbons (Fsp3) is 0.821. The molecular weight excluding hydrogens is 623 g/mol. The molecule has 0 bridgehead atoms. The molecule has 0 saturated carbocycles. The Bertz CT molecular complexity index is 886. The van der Waals surface area contributed by atoms with E-state index >= 15 is 0 Å². The first-order valence-electron chi connectivity index (χ1n) is 19.4. The summed E-state index contributed by atoms with van der Waals surface area (Å²) in [6, 6.07) is -0.843. The van der Waals surface area contributed by atoms with Gasteiger partial charge in [-0.3, -0.25) is 13.8 Å². The number of hydrogen-bond donors (Lipinski definition) is 3. The van der Waals surface area contributed by atoms with Crippen LogP contribution in [-0.2, 0) is 18.4 Å². The van der Waals surface area contributed by atoms with Gasteiger partial charge in [0.2, 0.25) is 5.91 Å². The number of phosphoric ester groups is 1. The molecule has 48 heavy (non-hydrogen) atoms. The Morgan fingerprint density at radius 3 is 1.75 bits per heavy atom. The van der Waals surface area contributed by atoms with Crippen LogP contribution in [-0.4, -0.2) is 73.4 Å². The first-order chi connectivity index (χ1) is 23.0. The third-order valence-corrected chi connectivity index (χ3v) is 9.34. The summed E-state index contributed by atoms with van der Waals surface area (Å²) in [5, 5.41) is 13.6. The molecule has 0 aliphatic rings. The third-order valence-electron chi connectivity index (χ3n) is 8.35. The summed E-state index contributed by atoms with van der Waals surface area (Å²) in [6.07, 6.45) is 36.8. The largest absolute Gasteiger partial charge is 0.472 e. The number of likely N-dealkylation sites (N-methyl/N-ethyl adjacent to an activating group) is 1. The highest BCUT2D eigenvalue weighted by Crippen LogP contribution is 2.43. The van der Waals surface area contributed by atoms with Crippen LogP contribution in [0.15, 0.2) is 36.5 Å². The number of unbranched alkanes of at least 4 members (excludes halogenated alkanes) is 17. The summed E-state index contributed by atoms with van der Waals surface area (Å²) in [6.45, 7) is 4.67. The van der Waals surface area contributed by atoms with Gasteiger partial charge in [-0.2, -0.15) is 0 Å². The number of amides is 1. The quantitative estimate of drug-likeness (QED) is 0.0267. The molecule has 282 valence electrons. The van der Waals surface area contributed by atoms with Crippen LogP contribution in [0.25, 0.3) is 0 Å². The van der Waals surface area contributed by atoms with Crippen molar-refractivity contribution in [2.75, 3.05) is 40.9 Å². The van der Waals surface area contributed by atoms with Crippen molar-refractivity contribution in [1.82, 2.24) is 5.32 Å². The molecule has 0 aromatic heterocycles. The van der Waals surface area contributed by atoms with Crippen molar-refractivity contribution in [3.63, 3.8) is 0 Å². The molecule has 0 fully saturated rings. The highest BCUT2D eigenvalue weighted by molar-refractivity contribution is 7.47. The summed E-state index contributed by atoms with van der Waals surface area (Å²) in [5.74, 6) is -0.191. The smallest absolute Gasteiger partial charge is 0.387 e. The van der Waals surface area contributed by atoms with Crippen LogP contribution in [0.5, 0.6) is 0 Å². The second-order valence-corrected chi connectivity index (χ2v) is 15.8. The number of aliphatic hydroxyl groups is 1. The van der Waals surface area contributed by atoms with Gasteiger partial charge in [0.15, 0.2) is 0 Å². The first kappa shape index (κ1) is 46.7. The Morgan fingerprint density at radius 1 is 0.708 bits per heavy atom. The summed E-state index contributed by atoms with van der Waals surface area (Å²) < 4.78 is 23.3. The zero-order chi connectivity index (χ0) is 35.8. The average molecular weight is 700 g/mol. The summed E-state index contributed by atoms with van der Waals surface area (Å²) in [4.78, 5) is 22.8. The van der Waals surface area contributed by atoms with Gasteiger partial charge in [0.25, 0.3) is 0 Å². The standard InChI is InChI=1S/C39H75N2O6P/c1-6-8-10-12-13-14-15-16-17-18-19-20-21-22-23-24-25-26-27-29-31-33-39(43)40-37(38(42)32-30-28-11-9-7-2)36-47-48(44,45)46-35-34-41(3,4)5/h15-16,18-19,30,32,37-38,42H,6-14,17,20-29,31,33-36H2,1-5H3,(H-,40,43,44,45)/p+1/b16-15-,19-18-,32-30+. The molecule has 0 aliphatic carbocycles. The number of hydrogen-bond acceptors (Lipinski definition) is 5. The van der Waals surface area contributed by atoms with Crippen LogP contribution in [0.4, 0.5) is 0 Å². The van der Waals surface area contributed by atoms with Gasteiger partial charge in [-0.1, -0.05) is 134 Å². The van der Waals surface area contributed by atoms with Gasteiger partial charge in [0, 0.05) is 6.42 Å². The van der Waals surface area contributed by atoms with E-state index in [1.165, 1.54) is 83.5 Å². The van der Waals surface area contributed by atoms with E-state index in [-0.39, 0.29) is 19.1 Å². The predicted molar refractivity (Wildman–Crippen MR) is 203 cm³/mol. The molecule has 0 rings (SSSR count). The lowest BCUT2D eigenvalue weighted by atomic mass is 10.1. The van der Waals surface area contributed by atoms with Crippen LogP contribution in [0, 0.1) is 0 Å². The predicted octanol–water partition coefficient (Wildman–Crippen LogP) is 9.96. The van der Waals surface area contributed by atoms with Crippen molar-refractivity contribution in [2.45, 2.75) is 167 Å². The minimum absolute atomic E-state index is 0.0590. The molecule has 1 amide bonds. The monoisotopic (exact) mass is 700 g/mol. The van der Waals surface area contributed by atoms with Crippen LogP contribution in [0.2, 0.25) is 0 Å². The minimum atomic E-state index is -4.32.